The van der Waals surface area contributed by atoms with E-state index in [-0.39, 0.29) is 17.4 Å². The van der Waals surface area contributed by atoms with Gasteiger partial charge in [-0.05, 0) is 50.7 Å². The standard InChI is InChI=1S/C23H34N4O2/c1-3-24-22(25-17-23(10-11-23)19-8-5-4-7-18(19)2)27-14-12-26(13-15-27)21(28)20-9-6-16-29-20/h4-5,7-8,20H,3,6,9-17H2,1-2H3,(H,24,25). The second-order valence-electron chi connectivity index (χ2n) is 8.58. The summed E-state index contributed by atoms with van der Waals surface area (Å²) < 4.78 is 5.57. The average molecular weight is 399 g/mol. The van der Waals surface area contributed by atoms with Gasteiger partial charge in [-0.2, -0.15) is 0 Å². The van der Waals surface area contributed by atoms with Crippen molar-refractivity contribution in [2.45, 2.75) is 51.0 Å². The van der Waals surface area contributed by atoms with E-state index in [4.69, 9.17) is 9.73 Å². The summed E-state index contributed by atoms with van der Waals surface area (Å²) in [5, 5.41) is 3.47. The van der Waals surface area contributed by atoms with Crippen LogP contribution in [-0.2, 0) is 14.9 Å². The third-order valence-electron chi connectivity index (χ3n) is 6.53. The summed E-state index contributed by atoms with van der Waals surface area (Å²) in [5.74, 6) is 1.15. The maximum Gasteiger partial charge on any atom is 0.251 e. The molecule has 2 aliphatic heterocycles. The van der Waals surface area contributed by atoms with Gasteiger partial charge in [-0.25, -0.2) is 0 Å². The highest BCUT2D eigenvalue weighted by Gasteiger charge is 2.45. The number of aliphatic imine (C=N–C) groups is 1. The number of piperazine rings is 1. The van der Waals surface area contributed by atoms with E-state index in [1.54, 1.807) is 0 Å². The fraction of sp³-hybridized carbons (Fsp3) is 0.652. The minimum atomic E-state index is -0.215. The first-order valence-electron chi connectivity index (χ1n) is 11.1. The highest BCUT2D eigenvalue weighted by molar-refractivity contribution is 5.83. The van der Waals surface area contributed by atoms with Crippen molar-refractivity contribution in [1.82, 2.24) is 15.1 Å². The van der Waals surface area contributed by atoms with E-state index in [2.05, 4.69) is 48.3 Å². The van der Waals surface area contributed by atoms with Gasteiger partial charge in [0.2, 0.25) is 0 Å². The molecule has 1 aliphatic carbocycles. The van der Waals surface area contributed by atoms with Gasteiger partial charge in [-0.15, -0.1) is 0 Å². The second-order valence-corrected chi connectivity index (χ2v) is 8.58. The van der Waals surface area contributed by atoms with E-state index >= 15 is 0 Å². The van der Waals surface area contributed by atoms with Crippen molar-refractivity contribution >= 4 is 11.9 Å². The number of hydrogen-bond donors (Lipinski definition) is 1. The van der Waals surface area contributed by atoms with E-state index in [0.29, 0.717) is 0 Å². The summed E-state index contributed by atoms with van der Waals surface area (Å²) >= 11 is 0. The van der Waals surface area contributed by atoms with Crippen LogP contribution >= 0.6 is 0 Å². The van der Waals surface area contributed by atoms with Crippen LogP contribution in [0.2, 0.25) is 0 Å². The maximum absolute atomic E-state index is 12.6. The topological polar surface area (TPSA) is 57.2 Å². The molecule has 29 heavy (non-hydrogen) atoms. The quantitative estimate of drug-likeness (QED) is 0.611. The predicted octanol–water partition coefficient (Wildman–Crippen LogP) is 2.32. The number of benzene rings is 1. The highest BCUT2D eigenvalue weighted by atomic mass is 16.5. The molecule has 1 atom stereocenters. The van der Waals surface area contributed by atoms with Gasteiger partial charge in [0.25, 0.3) is 5.91 Å². The number of ether oxygens (including phenoxy) is 1. The molecule has 0 aromatic heterocycles. The molecule has 1 amide bonds. The summed E-state index contributed by atoms with van der Waals surface area (Å²) in [6.07, 6.45) is 4.07. The fourth-order valence-corrected chi connectivity index (χ4v) is 4.60. The van der Waals surface area contributed by atoms with E-state index in [1.165, 1.54) is 24.0 Å². The first-order chi connectivity index (χ1) is 14.1. The number of aryl methyl sites for hydroxylation is 1. The molecule has 158 valence electrons. The molecule has 6 heteroatoms. The summed E-state index contributed by atoms with van der Waals surface area (Å²) in [5.41, 5.74) is 3.03. The molecule has 1 N–H and O–H groups in total. The van der Waals surface area contributed by atoms with Gasteiger partial charge in [0, 0.05) is 44.7 Å². The first-order valence-corrected chi connectivity index (χ1v) is 11.1. The Morgan fingerprint density at radius 2 is 1.93 bits per heavy atom. The predicted molar refractivity (Wildman–Crippen MR) is 115 cm³/mol. The van der Waals surface area contributed by atoms with Gasteiger partial charge >= 0.3 is 0 Å². The van der Waals surface area contributed by atoms with Crippen LogP contribution in [-0.4, -0.2) is 73.6 Å². The number of nitrogens with one attached hydrogen (secondary N) is 1. The van der Waals surface area contributed by atoms with E-state index in [9.17, 15) is 4.79 Å². The molecule has 3 fully saturated rings. The van der Waals surface area contributed by atoms with Gasteiger partial charge in [0.05, 0.1) is 6.54 Å². The van der Waals surface area contributed by atoms with Crippen LogP contribution in [0.4, 0.5) is 0 Å². The Labute approximate surface area is 174 Å². The summed E-state index contributed by atoms with van der Waals surface area (Å²) in [6.45, 7) is 9.84. The zero-order chi connectivity index (χ0) is 20.3. The number of carbonyl (C=O) groups excluding carboxylic acids is 1. The highest BCUT2D eigenvalue weighted by Crippen LogP contribution is 2.49. The lowest BCUT2D eigenvalue weighted by Crippen LogP contribution is -2.55. The van der Waals surface area contributed by atoms with Crippen LogP contribution in [0.3, 0.4) is 0 Å². The molecule has 4 rings (SSSR count). The maximum atomic E-state index is 12.6. The molecule has 1 aromatic rings. The minimum Gasteiger partial charge on any atom is -0.368 e. The van der Waals surface area contributed by atoms with Crippen LogP contribution < -0.4 is 5.32 Å². The molecule has 2 heterocycles. The second kappa shape index (κ2) is 8.74. The lowest BCUT2D eigenvalue weighted by atomic mass is 9.92. The zero-order valence-corrected chi connectivity index (χ0v) is 17.8. The minimum absolute atomic E-state index is 0.167. The molecule has 1 unspecified atom stereocenters. The van der Waals surface area contributed by atoms with Crippen LogP contribution in [0.25, 0.3) is 0 Å². The Balaban J connectivity index is 1.38. The van der Waals surface area contributed by atoms with Crippen LogP contribution in [0.1, 0.15) is 43.7 Å². The molecule has 2 saturated heterocycles. The number of rotatable bonds is 5. The van der Waals surface area contributed by atoms with Crippen LogP contribution in [0.15, 0.2) is 29.3 Å². The van der Waals surface area contributed by atoms with Crippen molar-refractivity contribution in [2.24, 2.45) is 4.99 Å². The number of guanidine groups is 1. The fourth-order valence-electron chi connectivity index (χ4n) is 4.60. The normalized spacial score (nSPS) is 23.9. The smallest absolute Gasteiger partial charge is 0.251 e. The Morgan fingerprint density at radius 3 is 2.55 bits per heavy atom. The van der Waals surface area contributed by atoms with Crippen molar-refractivity contribution in [1.29, 1.82) is 0 Å². The van der Waals surface area contributed by atoms with Gasteiger partial charge in [-0.3, -0.25) is 9.79 Å². The molecule has 6 nitrogen and oxygen atoms in total. The van der Waals surface area contributed by atoms with Gasteiger partial charge in [0.1, 0.15) is 6.10 Å². The number of amides is 1. The first kappa shape index (κ1) is 20.2. The van der Waals surface area contributed by atoms with Crippen molar-refractivity contribution in [2.75, 3.05) is 45.9 Å². The van der Waals surface area contributed by atoms with E-state index in [0.717, 1.165) is 64.7 Å². The van der Waals surface area contributed by atoms with Gasteiger partial charge in [-0.1, -0.05) is 24.3 Å². The van der Waals surface area contributed by atoms with Crippen molar-refractivity contribution in [3.63, 3.8) is 0 Å². The molecule has 0 spiro atoms. The Morgan fingerprint density at radius 1 is 1.21 bits per heavy atom. The molecule has 0 bridgehead atoms. The van der Waals surface area contributed by atoms with Crippen LogP contribution in [0.5, 0.6) is 0 Å². The van der Waals surface area contributed by atoms with Crippen molar-refractivity contribution in [3.05, 3.63) is 35.4 Å². The summed E-state index contributed by atoms with van der Waals surface area (Å²) in [7, 11) is 0. The number of hydrogen-bond acceptors (Lipinski definition) is 3. The van der Waals surface area contributed by atoms with Gasteiger partial charge < -0.3 is 19.9 Å². The lowest BCUT2D eigenvalue weighted by molar-refractivity contribution is -0.142. The Kier molecular flexibility index (Phi) is 6.09. The Hall–Kier alpha value is -2.08. The third-order valence-corrected chi connectivity index (χ3v) is 6.53. The lowest BCUT2D eigenvalue weighted by Gasteiger charge is -2.37. The van der Waals surface area contributed by atoms with E-state index in [1.807, 2.05) is 4.90 Å². The molecule has 1 aromatic carbocycles. The zero-order valence-electron chi connectivity index (χ0n) is 17.8. The van der Waals surface area contributed by atoms with Crippen molar-refractivity contribution < 1.29 is 9.53 Å². The molecular formula is C23H34N4O2. The molecule has 1 saturated carbocycles. The van der Waals surface area contributed by atoms with Crippen LogP contribution in [0, 0.1) is 6.92 Å². The average Bonchev–Trinajstić information content (AvgIpc) is 3.32. The molecule has 3 aliphatic rings. The molecule has 0 radical (unpaired) electrons. The third kappa shape index (κ3) is 4.42. The largest absolute Gasteiger partial charge is 0.368 e. The van der Waals surface area contributed by atoms with Crippen molar-refractivity contribution in [3.8, 4) is 0 Å². The summed E-state index contributed by atoms with van der Waals surface area (Å²) in [4.78, 5) is 21.9. The molecular weight excluding hydrogens is 364 g/mol. The van der Waals surface area contributed by atoms with Gasteiger partial charge in [0.15, 0.2) is 5.96 Å². The summed E-state index contributed by atoms with van der Waals surface area (Å²) in [6, 6.07) is 8.72. The monoisotopic (exact) mass is 398 g/mol. The SMILES string of the molecule is CCNC(=NCC1(c2ccccc2C)CC1)N1CCN(C(=O)C2CCCO2)CC1. The Bertz CT molecular complexity index is 745. The number of nitrogens with zero attached hydrogens (tertiary/aromatic N) is 3. The van der Waals surface area contributed by atoms with E-state index < -0.39 is 0 Å². The number of carbonyl (C=O) groups is 1.